The molecule has 2 aromatic rings. The van der Waals surface area contributed by atoms with Gasteiger partial charge in [0.2, 0.25) is 0 Å². The summed E-state index contributed by atoms with van der Waals surface area (Å²) in [6.45, 7) is 6.18. The molecule has 26 heavy (non-hydrogen) atoms. The number of aldehydes is 1. The van der Waals surface area contributed by atoms with Crippen LogP contribution in [0.2, 0.25) is 0 Å². The lowest BCUT2D eigenvalue weighted by Gasteiger charge is -2.28. The van der Waals surface area contributed by atoms with Gasteiger partial charge in [-0.15, -0.1) is 6.42 Å². The smallest absolute Gasteiger partial charge is 0.410 e. The van der Waals surface area contributed by atoms with Crippen LogP contribution < -0.4 is 0 Å². The van der Waals surface area contributed by atoms with Crippen molar-refractivity contribution in [3.05, 3.63) is 70.8 Å². The van der Waals surface area contributed by atoms with Gasteiger partial charge in [0.05, 0.1) is 6.54 Å². The van der Waals surface area contributed by atoms with E-state index in [1.165, 1.54) is 0 Å². The second-order valence-corrected chi connectivity index (χ2v) is 7.00. The van der Waals surface area contributed by atoms with Crippen molar-refractivity contribution >= 4 is 12.4 Å². The van der Waals surface area contributed by atoms with Gasteiger partial charge in [0.25, 0.3) is 0 Å². The Hall–Kier alpha value is -3.06. The molecule has 0 aliphatic rings. The van der Waals surface area contributed by atoms with E-state index in [0.29, 0.717) is 24.2 Å². The summed E-state index contributed by atoms with van der Waals surface area (Å²) in [7, 11) is 0. The summed E-state index contributed by atoms with van der Waals surface area (Å²) in [5.41, 5.74) is 2.29. The van der Waals surface area contributed by atoms with Crippen molar-refractivity contribution in [1.29, 1.82) is 0 Å². The molecule has 0 radical (unpaired) electrons. The van der Waals surface area contributed by atoms with E-state index in [0.717, 1.165) is 17.4 Å². The second kappa shape index (κ2) is 8.35. The van der Waals surface area contributed by atoms with Gasteiger partial charge in [-0.3, -0.25) is 9.69 Å². The molecular weight excluding hydrogens is 326 g/mol. The highest BCUT2D eigenvalue weighted by molar-refractivity contribution is 5.76. The number of hydrogen-bond acceptors (Lipinski definition) is 3. The van der Waals surface area contributed by atoms with Gasteiger partial charge in [0, 0.05) is 17.7 Å². The van der Waals surface area contributed by atoms with Crippen LogP contribution in [-0.4, -0.2) is 22.9 Å². The summed E-state index contributed by atoms with van der Waals surface area (Å²) in [4.78, 5) is 25.3. The first-order chi connectivity index (χ1) is 12.3. The minimum Gasteiger partial charge on any atom is -0.444 e. The molecule has 4 heteroatoms. The zero-order chi connectivity index (χ0) is 19.2. The SMILES string of the molecule is C#Cc1cc(C=O)ccc1CN(Cc1ccccc1)C(=O)OC(C)(C)C. The Morgan fingerprint density at radius 1 is 1.15 bits per heavy atom. The Labute approximate surface area is 154 Å². The highest BCUT2D eigenvalue weighted by Gasteiger charge is 2.23. The first-order valence-electron chi connectivity index (χ1n) is 8.39. The van der Waals surface area contributed by atoms with Crippen molar-refractivity contribution in [3.8, 4) is 12.3 Å². The molecule has 0 bridgehead atoms. The van der Waals surface area contributed by atoms with Crippen molar-refractivity contribution in [1.82, 2.24) is 4.90 Å². The van der Waals surface area contributed by atoms with E-state index in [4.69, 9.17) is 11.2 Å². The molecule has 2 rings (SSSR count). The average molecular weight is 349 g/mol. The van der Waals surface area contributed by atoms with Crippen molar-refractivity contribution in [2.24, 2.45) is 0 Å². The number of terminal acetylenes is 1. The van der Waals surface area contributed by atoms with Crippen LogP contribution in [0, 0.1) is 12.3 Å². The Bertz CT molecular complexity index is 814. The fourth-order valence-corrected chi connectivity index (χ4v) is 2.46. The topological polar surface area (TPSA) is 46.6 Å². The van der Waals surface area contributed by atoms with E-state index in [-0.39, 0.29) is 0 Å². The van der Waals surface area contributed by atoms with Gasteiger partial charge in [0.15, 0.2) is 0 Å². The Morgan fingerprint density at radius 2 is 1.85 bits per heavy atom. The van der Waals surface area contributed by atoms with Gasteiger partial charge >= 0.3 is 6.09 Å². The molecule has 4 nitrogen and oxygen atoms in total. The lowest BCUT2D eigenvalue weighted by Crippen LogP contribution is -2.36. The van der Waals surface area contributed by atoms with Gasteiger partial charge in [0.1, 0.15) is 11.9 Å². The lowest BCUT2D eigenvalue weighted by molar-refractivity contribution is 0.0216. The van der Waals surface area contributed by atoms with Crippen LogP contribution in [0.15, 0.2) is 48.5 Å². The molecule has 0 heterocycles. The maximum absolute atomic E-state index is 12.7. The third-order valence-electron chi connectivity index (χ3n) is 3.65. The molecule has 0 saturated carbocycles. The first kappa shape index (κ1) is 19.3. The molecule has 0 N–H and O–H groups in total. The maximum atomic E-state index is 12.7. The summed E-state index contributed by atoms with van der Waals surface area (Å²) in [6, 6.07) is 14.8. The number of nitrogens with zero attached hydrogens (tertiary/aromatic N) is 1. The van der Waals surface area contributed by atoms with E-state index in [9.17, 15) is 9.59 Å². The van der Waals surface area contributed by atoms with Gasteiger partial charge in [-0.25, -0.2) is 4.79 Å². The number of hydrogen-bond donors (Lipinski definition) is 0. The minimum atomic E-state index is -0.595. The molecule has 0 unspecified atom stereocenters. The van der Waals surface area contributed by atoms with E-state index in [1.54, 1.807) is 23.1 Å². The molecule has 1 amide bonds. The zero-order valence-electron chi connectivity index (χ0n) is 15.4. The maximum Gasteiger partial charge on any atom is 0.410 e. The van der Waals surface area contributed by atoms with E-state index in [1.807, 2.05) is 51.1 Å². The van der Waals surface area contributed by atoms with Gasteiger partial charge in [-0.2, -0.15) is 0 Å². The number of rotatable bonds is 5. The van der Waals surface area contributed by atoms with Crippen LogP contribution in [0.25, 0.3) is 0 Å². The number of ether oxygens (including phenoxy) is 1. The van der Waals surface area contributed by atoms with Crippen LogP contribution in [0.3, 0.4) is 0 Å². The lowest BCUT2D eigenvalue weighted by atomic mass is 10.0. The molecule has 0 aliphatic heterocycles. The summed E-state index contributed by atoms with van der Waals surface area (Å²) in [5.74, 6) is 2.59. The monoisotopic (exact) mass is 349 g/mol. The Morgan fingerprint density at radius 3 is 2.42 bits per heavy atom. The predicted octanol–water partition coefficient (Wildman–Crippen LogP) is 4.42. The molecule has 0 aromatic heterocycles. The fraction of sp³-hybridized carbons (Fsp3) is 0.273. The Balaban J connectivity index is 2.30. The normalized spacial score (nSPS) is 10.7. The molecule has 0 saturated heterocycles. The van der Waals surface area contributed by atoms with Gasteiger partial charge in [-0.05, 0) is 38.0 Å². The average Bonchev–Trinajstić information content (AvgIpc) is 2.60. The predicted molar refractivity (Wildman–Crippen MR) is 102 cm³/mol. The minimum absolute atomic E-state index is 0.294. The largest absolute Gasteiger partial charge is 0.444 e. The highest BCUT2D eigenvalue weighted by atomic mass is 16.6. The van der Waals surface area contributed by atoms with Crippen LogP contribution in [0.4, 0.5) is 4.79 Å². The van der Waals surface area contributed by atoms with Crippen LogP contribution in [-0.2, 0) is 17.8 Å². The third kappa shape index (κ3) is 5.49. The van der Waals surface area contributed by atoms with Gasteiger partial charge < -0.3 is 4.74 Å². The second-order valence-electron chi connectivity index (χ2n) is 7.00. The number of amides is 1. The van der Waals surface area contributed by atoms with Crippen molar-refractivity contribution < 1.29 is 14.3 Å². The summed E-state index contributed by atoms with van der Waals surface area (Å²) >= 11 is 0. The van der Waals surface area contributed by atoms with E-state index in [2.05, 4.69) is 5.92 Å². The van der Waals surface area contributed by atoms with Crippen molar-refractivity contribution in [3.63, 3.8) is 0 Å². The number of benzene rings is 2. The van der Waals surface area contributed by atoms with E-state index >= 15 is 0 Å². The fourth-order valence-electron chi connectivity index (χ4n) is 2.46. The molecular formula is C22H23NO3. The van der Waals surface area contributed by atoms with Crippen LogP contribution >= 0.6 is 0 Å². The van der Waals surface area contributed by atoms with Crippen molar-refractivity contribution in [2.45, 2.75) is 39.5 Å². The molecule has 0 spiro atoms. The molecule has 134 valence electrons. The first-order valence-corrected chi connectivity index (χ1v) is 8.39. The highest BCUT2D eigenvalue weighted by Crippen LogP contribution is 2.18. The van der Waals surface area contributed by atoms with E-state index < -0.39 is 11.7 Å². The van der Waals surface area contributed by atoms with Crippen molar-refractivity contribution in [2.75, 3.05) is 0 Å². The third-order valence-corrected chi connectivity index (χ3v) is 3.65. The number of carbonyl (C=O) groups excluding carboxylic acids is 2. The molecule has 2 aromatic carbocycles. The van der Waals surface area contributed by atoms with Crippen LogP contribution in [0.5, 0.6) is 0 Å². The summed E-state index contributed by atoms with van der Waals surface area (Å²) < 4.78 is 5.54. The Kier molecular flexibility index (Phi) is 6.19. The number of carbonyl (C=O) groups is 2. The van der Waals surface area contributed by atoms with Crippen LogP contribution in [0.1, 0.15) is 47.8 Å². The van der Waals surface area contributed by atoms with Gasteiger partial charge in [-0.1, -0.05) is 48.4 Å². The quantitative estimate of drug-likeness (QED) is 0.593. The molecule has 0 aliphatic carbocycles. The molecule has 0 atom stereocenters. The molecule has 0 fully saturated rings. The summed E-state index contributed by atoms with van der Waals surface area (Å²) in [5, 5.41) is 0. The standard InChI is InChI=1S/C22H23NO3/c1-5-19-13-18(16-24)11-12-20(19)15-23(21(25)26-22(2,3)4)14-17-9-7-6-8-10-17/h1,6-13,16H,14-15H2,2-4H3. The zero-order valence-corrected chi connectivity index (χ0v) is 15.4. The summed E-state index contributed by atoms with van der Waals surface area (Å²) in [6.07, 6.45) is 5.92.